The van der Waals surface area contributed by atoms with Gasteiger partial charge in [0.15, 0.2) is 0 Å². The Hall–Kier alpha value is -1.41. The average Bonchev–Trinajstić information content (AvgIpc) is 2.39. The van der Waals surface area contributed by atoms with Gasteiger partial charge in [0.2, 0.25) is 0 Å². The fourth-order valence-electron chi connectivity index (χ4n) is 2.29. The summed E-state index contributed by atoms with van der Waals surface area (Å²) >= 11 is 0. The van der Waals surface area contributed by atoms with Crippen LogP contribution in [-0.2, 0) is 0 Å². The van der Waals surface area contributed by atoms with Crippen molar-refractivity contribution in [1.29, 1.82) is 0 Å². The number of hydrogen-bond acceptors (Lipinski definition) is 0. The fourth-order valence-corrected chi connectivity index (χ4v) is 2.29. The Labute approximate surface area is 154 Å². The summed E-state index contributed by atoms with van der Waals surface area (Å²) in [7, 11) is 0. The fraction of sp³-hybridized carbons (Fsp3) is 1.00. The molecule has 0 bridgehead atoms. The molecule has 0 nitrogen and oxygen atoms in total. The number of hydrogen-bond donors (Lipinski definition) is 0. The molecule has 0 aliphatic carbocycles. The van der Waals surface area contributed by atoms with Crippen LogP contribution in [0.1, 0.15) is 0 Å². The second kappa shape index (κ2) is 7.04. The highest BCUT2D eigenvalue weighted by molar-refractivity contribution is 6.70. The molecular weight excluding hydrogens is 518 g/mol. The molecule has 0 aromatic carbocycles. The van der Waals surface area contributed by atoms with Crippen molar-refractivity contribution in [2.75, 3.05) is 0 Å². The third-order valence-corrected chi connectivity index (χ3v) is 3.67. The Morgan fingerprint density at radius 2 is 0.323 bits per heavy atom. The minimum Gasteiger partial charge on any atom is -0.233 e. The van der Waals surface area contributed by atoms with E-state index in [2.05, 4.69) is 0 Å². The molecule has 0 amide bonds. The quantitative estimate of drug-likeness (QED) is 0.292. The molecule has 186 valence electrons. The predicted molar refractivity (Wildman–Crippen MR) is 53.6 cm³/mol. The van der Waals surface area contributed by atoms with Crippen LogP contribution in [0.15, 0.2) is 0 Å². The van der Waals surface area contributed by atoms with Crippen molar-refractivity contribution in [2.24, 2.45) is 0 Å². The van der Waals surface area contributed by atoms with E-state index in [0.29, 0.717) is 0 Å². The molecule has 0 heterocycles. The minimum absolute atomic E-state index is 8.27. The topological polar surface area (TPSA) is 0 Å². The van der Waals surface area contributed by atoms with E-state index in [0.717, 1.165) is 0 Å². The van der Waals surface area contributed by atoms with E-state index in [1.54, 1.807) is 0 Å². The molecule has 0 unspecified atom stereocenters. The maximum Gasteiger partial charge on any atom is 0.424 e. The molecule has 22 heteroatoms. The van der Waals surface area contributed by atoms with E-state index in [1.165, 1.54) is 0 Å². The molecule has 0 fully saturated rings. The van der Waals surface area contributed by atoms with Gasteiger partial charge in [0, 0.05) is 0 Å². The number of rotatable bonds is 3. The lowest BCUT2D eigenvalue weighted by Crippen LogP contribution is -2.86. The van der Waals surface area contributed by atoms with Gasteiger partial charge in [-0.1, -0.05) is 0 Å². The van der Waals surface area contributed by atoms with Crippen LogP contribution in [0.25, 0.3) is 0 Å². The summed E-state index contributed by atoms with van der Waals surface area (Å²) in [6.07, 6.45) is -51.8. The highest BCUT2D eigenvalue weighted by Gasteiger charge is 2.99. The zero-order valence-electron chi connectivity index (χ0n) is 13.0. The zero-order valence-corrected chi connectivity index (χ0v) is 13.0. The Morgan fingerprint density at radius 3 is 0.387 bits per heavy atom. The average molecular weight is 518 g/mol. The Balaban J connectivity index is 8.29. The Kier molecular flexibility index (Phi) is 6.73. The van der Waals surface area contributed by atoms with E-state index in [4.69, 9.17) is 0 Å². The molecule has 0 saturated carbocycles. The first kappa shape index (κ1) is 29.6. The number of alkyl halides is 21. The first-order valence-corrected chi connectivity index (χ1v) is 6.33. The third-order valence-electron chi connectivity index (χ3n) is 3.67. The summed E-state index contributed by atoms with van der Waals surface area (Å²) in [6.45, 7) is -8.27. The highest BCUT2D eigenvalue weighted by atomic mass is 19.5. The molecule has 31 heavy (non-hydrogen) atoms. The zero-order chi connectivity index (χ0) is 26.1. The molecule has 0 aromatic heterocycles. The van der Waals surface area contributed by atoms with Gasteiger partial charge in [0.1, 0.15) is 0 Å². The van der Waals surface area contributed by atoms with Gasteiger partial charge < -0.3 is 0 Å². The van der Waals surface area contributed by atoms with Gasteiger partial charge in [0.25, 0.3) is 16.7 Å². The summed E-state index contributed by atoms with van der Waals surface area (Å²) in [4.78, 5) is 0. The first-order chi connectivity index (χ1) is 12.9. The lowest BCUT2D eigenvalue weighted by Gasteiger charge is -2.48. The molecule has 0 atom stereocenters. The van der Waals surface area contributed by atoms with Crippen LogP contribution in [0.4, 0.5) is 92.2 Å². The van der Waals surface area contributed by atoms with Gasteiger partial charge >= 0.3 is 43.8 Å². The van der Waals surface area contributed by atoms with E-state index < -0.39 is 60.5 Å². The van der Waals surface area contributed by atoms with Crippen LogP contribution in [0.5, 0.6) is 0 Å². The first-order valence-electron chi connectivity index (χ1n) is 6.33. The van der Waals surface area contributed by atoms with Gasteiger partial charge in [0.05, 0.1) is 0 Å². The maximum absolute atomic E-state index is 13.9. The van der Waals surface area contributed by atoms with E-state index >= 15 is 0 Å². The SMILES string of the molecule is FC(F)(F)C(F)(B(C(F)(C(F)(F)F)C(F)(F)F)C(F)(C(F)(F)F)C(F)(F)F)C(F)(F)F. The van der Waals surface area contributed by atoms with Crippen LogP contribution >= 0.6 is 0 Å². The molecule has 0 aromatic rings. The van der Waals surface area contributed by atoms with Crippen LogP contribution in [0.2, 0.25) is 0 Å². The van der Waals surface area contributed by atoms with Crippen LogP contribution < -0.4 is 0 Å². The molecule has 0 aliphatic rings. The summed E-state index contributed by atoms with van der Waals surface area (Å²) in [6, 6.07) is 0. The van der Waals surface area contributed by atoms with Crippen molar-refractivity contribution in [3.63, 3.8) is 0 Å². The van der Waals surface area contributed by atoms with E-state index in [-0.39, 0.29) is 0 Å². The van der Waals surface area contributed by atoms with Crippen molar-refractivity contribution in [1.82, 2.24) is 0 Å². The molecule has 0 saturated heterocycles. The second-order valence-electron chi connectivity index (χ2n) is 5.55. The molecule has 0 aliphatic heterocycles. The normalized spacial score (nSPS) is 16.5. The smallest absolute Gasteiger partial charge is 0.233 e. The van der Waals surface area contributed by atoms with Crippen LogP contribution in [-0.4, -0.2) is 60.5 Å². The lowest BCUT2D eigenvalue weighted by molar-refractivity contribution is -0.355. The monoisotopic (exact) mass is 518 g/mol. The summed E-state index contributed by atoms with van der Waals surface area (Å²) in [5.74, 6) is 0. The van der Waals surface area contributed by atoms with Crippen LogP contribution in [0.3, 0.4) is 0 Å². The number of halogens is 21. The van der Waals surface area contributed by atoms with Crippen molar-refractivity contribution in [3.05, 3.63) is 0 Å². The molecular formula is C9BF21. The summed E-state index contributed by atoms with van der Waals surface area (Å²) < 4.78 is 268. The highest BCUT2D eigenvalue weighted by Crippen LogP contribution is 2.64. The van der Waals surface area contributed by atoms with Gasteiger partial charge in [-0.2, -0.15) is 79.0 Å². The van der Waals surface area contributed by atoms with Gasteiger partial charge in [-0.15, -0.1) is 0 Å². The van der Waals surface area contributed by atoms with Crippen LogP contribution in [0, 0.1) is 0 Å². The summed E-state index contributed by atoms with van der Waals surface area (Å²) in [5, 5.41) is 0. The second-order valence-corrected chi connectivity index (χ2v) is 5.55. The largest absolute Gasteiger partial charge is 0.424 e. The Morgan fingerprint density at radius 1 is 0.226 bits per heavy atom. The van der Waals surface area contributed by atoms with Crippen molar-refractivity contribution >= 4 is 6.71 Å². The molecule has 0 spiro atoms. The molecule has 0 radical (unpaired) electrons. The van der Waals surface area contributed by atoms with E-state index in [9.17, 15) is 92.2 Å². The minimum atomic E-state index is -9.04. The van der Waals surface area contributed by atoms with Crippen molar-refractivity contribution < 1.29 is 92.2 Å². The Bertz CT molecular complexity index is 502. The predicted octanol–water partition coefficient (Wildman–Crippen LogP) is 6.60. The lowest BCUT2D eigenvalue weighted by atomic mass is 9.22. The van der Waals surface area contributed by atoms with Gasteiger partial charge in [-0.3, -0.25) is 0 Å². The van der Waals surface area contributed by atoms with Gasteiger partial charge in [-0.25, -0.2) is 13.2 Å². The summed E-state index contributed by atoms with van der Waals surface area (Å²) in [5.41, 5.74) is -27.1. The standard InChI is InChI=1S/C9BF21/c11-1(4(14,15)16,5(17,18)19)10(2(12,6(20,21)22)7(23,24)25)3(13,8(26,27)28)9(29,30)31. The van der Waals surface area contributed by atoms with E-state index in [1.807, 2.05) is 0 Å². The van der Waals surface area contributed by atoms with Gasteiger partial charge in [-0.05, 0) is 0 Å². The molecule has 0 N–H and O–H groups in total. The molecule has 0 rings (SSSR count). The third kappa shape index (κ3) is 4.06. The maximum atomic E-state index is 13.9. The van der Waals surface area contributed by atoms with Crippen molar-refractivity contribution in [3.8, 4) is 0 Å². The van der Waals surface area contributed by atoms with Crippen molar-refractivity contribution in [2.45, 2.75) is 53.8 Å².